The molecule has 17 heavy (non-hydrogen) atoms. The third-order valence-electron chi connectivity index (χ3n) is 2.85. The van der Waals surface area contributed by atoms with E-state index in [1.807, 2.05) is 18.2 Å². The van der Waals surface area contributed by atoms with Gasteiger partial charge in [0, 0.05) is 0 Å². The van der Waals surface area contributed by atoms with Gasteiger partial charge < -0.3 is 16.1 Å². The highest BCUT2D eigenvalue weighted by molar-refractivity contribution is 5.78. The van der Waals surface area contributed by atoms with Crippen molar-refractivity contribution in [2.75, 3.05) is 12.4 Å². The second-order valence-electron chi connectivity index (χ2n) is 4.47. The van der Waals surface area contributed by atoms with Gasteiger partial charge in [-0.15, -0.1) is 5.10 Å². The van der Waals surface area contributed by atoms with Crippen LogP contribution in [0.4, 0.5) is 0 Å². The fourth-order valence-electron chi connectivity index (χ4n) is 1.75. The van der Waals surface area contributed by atoms with E-state index in [0.29, 0.717) is 12.8 Å². The smallest absolute Gasteiger partial charge is 0.115 e. The van der Waals surface area contributed by atoms with Crippen LogP contribution >= 0.6 is 0 Å². The van der Waals surface area contributed by atoms with Gasteiger partial charge >= 0.3 is 0 Å². The second-order valence-corrected chi connectivity index (χ2v) is 4.47. The standard InChI is InChI=1S/C11H16N4O2/c1-11(17,7-16)6-5-8-3-2-4-9-10(8)15(12)14-13-9/h2-4,16-17H,5-7,12H2,1H3/t11-/m0/s1. The Morgan fingerprint density at radius 2 is 2.24 bits per heavy atom. The van der Waals surface area contributed by atoms with Crippen molar-refractivity contribution in [3.63, 3.8) is 0 Å². The largest absolute Gasteiger partial charge is 0.393 e. The van der Waals surface area contributed by atoms with Gasteiger partial charge in [0.15, 0.2) is 0 Å². The van der Waals surface area contributed by atoms with Gasteiger partial charge in [-0.2, -0.15) is 4.79 Å². The molecule has 0 saturated carbocycles. The van der Waals surface area contributed by atoms with Crippen LogP contribution in [0.2, 0.25) is 0 Å². The number of fused-ring (bicyclic) bond motifs is 1. The molecular weight excluding hydrogens is 220 g/mol. The molecule has 0 unspecified atom stereocenters. The lowest BCUT2D eigenvalue weighted by molar-refractivity contribution is -0.00469. The molecule has 92 valence electrons. The van der Waals surface area contributed by atoms with Gasteiger partial charge in [-0.3, -0.25) is 0 Å². The van der Waals surface area contributed by atoms with E-state index in [1.54, 1.807) is 6.92 Å². The zero-order valence-electron chi connectivity index (χ0n) is 9.67. The van der Waals surface area contributed by atoms with Gasteiger partial charge in [0.2, 0.25) is 0 Å². The van der Waals surface area contributed by atoms with Gasteiger partial charge in [0.05, 0.1) is 12.2 Å². The third-order valence-corrected chi connectivity index (χ3v) is 2.85. The summed E-state index contributed by atoms with van der Waals surface area (Å²) in [6.45, 7) is 1.34. The number of nitrogen functional groups attached to an aromatic ring is 1. The maximum atomic E-state index is 9.76. The number of hydrogen-bond donors (Lipinski definition) is 3. The fraction of sp³-hybridized carbons (Fsp3) is 0.455. The van der Waals surface area contributed by atoms with Gasteiger partial charge in [0.1, 0.15) is 11.0 Å². The molecule has 0 aliphatic heterocycles. The molecule has 6 heteroatoms. The number of hydrogen-bond acceptors (Lipinski definition) is 5. The maximum Gasteiger partial charge on any atom is 0.115 e. The number of rotatable bonds is 4. The minimum Gasteiger partial charge on any atom is -0.393 e. The molecule has 1 heterocycles. The van der Waals surface area contributed by atoms with Crippen molar-refractivity contribution in [1.82, 2.24) is 15.1 Å². The molecule has 0 radical (unpaired) electrons. The summed E-state index contributed by atoms with van der Waals surface area (Å²) in [5, 5.41) is 26.4. The van der Waals surface area contributed by atoms with Crippen LogP contribution in [0, 0.1) is 0 Å². The SMILES string of the molecule is C[C@@](O)(CO)CCc1cccc2nnn(N)c12. The minimum atomic E-state index is -1.07. The molecule has 1 atom stereocenters. The lowest BCUT2D eigenvalue weighted by Crippen LogP contribution is -2.29. The lowest BCUT2D eigenvalue weighted by atomic mass is 9.97. The monoisotopic (exact) mass is 236 g/mol. The Kier molecular flexibility index (Phi) is 2.99. The van der Waals surface area contributed by atoms with Crippen molar-refractivity contribution < 1.29 is 10.2 Å². The predicted molar refractivity (Wildman–Crippen MR) is 63.7 cm³/mol. The Morgan fingerprint density at radius 1 is 1.47 bits per heavy atom. The summed E-state index contributed by atoms with van der Waals surface area (Å²) < 4.78 is 0. The van der Waals surface area contributed by atoms with E-state index >= 15 is 0 Å². The van der Waals surface area contributed by atoms with Gasteiger partial charge in [0.25, 0.3) is 0 Å². The van der Waals surface area contributed by atoms with Crippen LogP contribution < -0.4 is 5.84 Å². The van der Waals surface area contributed by atoms with Gasteiger partial charge in [-0.05, 0) is 36.6 Å². The molecule has 0 aliphatic carbocycles. The first-order valence-electron chi connectivity index (χ1n) is 5.45. The highest BCUT2D eigenvalue weighted by Gasteiger charge is 2.19. The van der Waals surface area contributed by atoms with E-state index in [-0.39, 0.29) is 6.61 Å². The Balaban J connectivity index is 2.27. The number of nitrogens with two attached hydrogens (primary N) is 1. The summed E-state index contributed by atoms with van der Waals surface area (Å²) in [4.78, 5) is 1.23. The van der Waals surface area contributed by atoms with E-state index in [1.165, 1.54) is 4.79 Å². The fourth-order valence-corrected chi connectivity index (χ4v) is 1.75. The number of aryl methyl sites for hydroxylation is 1. The Bertz CT molecular complexity index is 521. The van der Waals surface area contributed by atoms with Crippen molar-refractivity contribution in [3.05, 3.63) is 23.8 Å². The molecule has 6 nitrogen and oxygen atoms in total. The van der Waals surface area contributed by atoms with Crippen molar-refractivity contribution in [2.24, 2.45) is 0 Å². The zero-order valence-corrected chi connectivity index (χ0v) is 9.67. The maximum absolute atomic E-state index is 9.76. The molecule has 0 spiro atoms. The van der Waals surface area contributed by atoms with Crippen molar-refractivity contribution in [3.8, 4) is 0 Å². The quantitative estimate of drug-likeness (QED) is 0.640. The average Bonchev–Trinajstić information content (AvgIpc) is 2.70. The molecule has 1 aromatic carbocycles. The molecule has 0 amide bonds. The van der Waals surface area contributed by atoms with Crippen LogP contribution in [0.3, 0.4) is 0 Å². The van der Waals surface area contributed by atoms with Crippen LogP contribution in [0.25, 0.3) is 11.0 Å². The summed E-state index contributed by atoms with van der Waals surface area (Å²) in [6, 6.07) is 5.63. The number of aliphatic hydroxyl groups excluding tert-OH is 1. The van der Waals surface area contributed by atoms with Crippen LogP contribution in [-0.4, -0.2) is 37.5 Å². The van der Waals surface area contributed by atoms with Crippen LogP contribution in [0.5, 0.6) is 0 Å². The first kappa shape index (κ1) is 11.8. The van der Waals surface area contributed by atoms with Crippen molar-refractivity contribution in [1.29, 1.82) is 0 Å². The van der Waals surface area contributed by atoms with E-state index in [4.69, 9.17) is 10.9 Å². The third kappa shape index (κ3) is 2.37. The molecule has 0 saturated heterocycles. The molecule has 2 rings (SSSR count). The molecule has 2 aromatic rings. The van der Waals surface area contributed by atoms with E-state index in [0.717, 1.165) is 16.6 Å². The highest BCUT2D eigenvalue weighted by Crippen LogP contribution is 2.19. The number of para-hydroxylation sites is 1. The second kappa shape index (κ2) is 4.31. The summed E-state index contributed by atoms with van der Waals surface area (Å²) in [5.41, 5.74) is 1.38. The molecule has 1 aromatic heterocycles. The van der Waals surface area contributed by atoms with Crippen molar-refractivity contribution in [2.45, 2.75) is 25.4 Å². The first-order valence-corrected chi connectivity index (χ1v) is 5.45. The Morgan fingerprint density at radius 3 is 2.94 bits per heavy atom. The van der Waals surface area contributed by atoms with E-state index < -0.39 is 5.60 Å². The number of nitrogens with zero attached hydrogens (tertiary/aromatic N) is 3. The number of aromatic nitrogens is 3. The summed E-state index contributed by atoms with van der Waals surface area (Å²) >= 11 is 0. The summed E-state index contributed by atoms with van der Waals surface area (Å²) in [7, 11) is 0. The normalized spacial score (nSPS) is 15.0. The molecule has 0 bridgehead atoms. The van der Waals surface area contributed by atoms with Crippen molar-refractivity contribution >= 4 is 11.0 Å². The number of aliphatic hydroxyl groups is 2. The first-order chi connectivity index (χ1) is 8.03. The predicted octanol–water partition coefficient (Wildman–Crippen LogP) is -0.179. The van der Waals surface area contributed by atoms with E-state index in [9.17, 15) is 5.11 Å². The summed E-state index contributed by atoms with van der Waals surface area (Å²) in [5.74, 6) is 5.68. The summed E-state index contributed by atoms with van der Waals surface area (Å²) in [6.07, 6.45) is 1.06. The topological polar surface area (TPSA) is 97.2 Å². The molecular formula is C11H16N4O2. The van der Waals surface area contributed by atoms with Crippen LogP contribution in [-0.2, 0) is 6.42 Å². The molecule has 0 aliphatic rings. The molecule has 4 N–H and O–H groups in total. The highest BCUT2D eigenvalue weighted by atomic mass is 16.3. The van der Waals surface area contributed by atoms with E-state index in [2.05, 4.69) is 10.3 Å². The zero-order chi connectivity index (χ0) is 12.5. The Hall–Kier alpha value is -1.66. The Labute approximate surface area is 98.6 Å². The van der Waals surface area contributed by atoms with Gasteiger partial charge in [-0.1, -0.05) is 12.1 Å². The molecule has 0 fully saturated rings. The van der Waals surface area contributed by atoms with Crippen LogP contribution in [0.1, 0.15) is 18.9 Å². The number of benzene rings is 1. The average molecular weight is 236 g/mol. The minimum absolute atomic E-state index is 0.261. The van der Waals surface area contributed by atoms with Crippen LogP contribution in [0.15, 0.2) is 18.2 Å². The van der Waals surface area contributed by atoms with Gasteiger partial charge in [-0.25, -0.2) is 0 Å². The lowest BCUT2D eigenvalue weighted by Gasteiger charge is -2.20.